The third-order valence-corrected chi connectivity index (χ3v) is 10.3. The minimum atomic E-state index is 0.629. The molecule has 2 heterocycles. The second-order valence-electron chi connectivity index (χ2n) is 13.7. The quantitative estimate of drug-likeness (QED) is 0.166. The van der Waals surface area contributed by atoms with Crippen molar-refractivity contribution in [3.05, 3.63) is 206 Å². The molecule has 0 aliphatic rings. The molecule has 10 rings (SSSR count). The predicted molar refractivity (Wildman–Crippen MR) is 227 cm³/mol. The first-order valence-electron chi connectivity index (χ1n) is 18.5. The molecule has 0 radical (unpaired) electrons. The molecule has 0 fully saturated rings. The molecule has 10 aromatic rings. The molecule has 2 aromatic heterocycles. The van der Waals surface area contributed by atoms with Gasteiger partial charge in [-0.25, -0.2) is 15.0 Å². The number of para-hydroxylation sites is 1. The molecular weight excluding hydrogens is 669 g/mol. The summed E-state index contributed by atoms with van der Waals surface area (Å²) in [6.07, 6.45) is 0. The van der Waals surface area contributed by atoms with Crippen molar-refractivity contribution in [3.63, 3.8) is 0 Å². The summed E-state index contributed by atoms with van der Waals surface area (Å²) in [4.78, 5) is 15.1. The number of rotatable bonds is 7. The Bertz CT molecular complexity index is 2950. The van der Waals surface area contributed by atoms with Gasteiger partial charge in [-0.3, -0.25) is 0 Å². The molecule has 0 spiro atoms. The smallest absolute Gasteiger partial charge is 0.164 e. The zero-order valence-corrected chi connectivity index (χ0v) is 29.9. The number of hydrogen-bond acceptors (Lipinski definition) is 3. The average molecular weight is 703 g/mol. The fourth-order valence-electron chi connectivity index (χ4n) is 7.51. The lowest BCUT2D eigenvalue weighted by atomic mass is 10.0. The Labute approximate surface area is 319 Å². The van der Waals surface area contributed by atoms with E-state index < -0.39 is 0 Å². The van der Waals surface area contributed by atoms with E-state index in [4.69, 9.17) is 15.0 Å². The van der Waals surface area contributed by atoms with Crippen molar-refractivity contribution in [1.82, 2.24) is 19.5 Å². The summed E-state index contributed by atoms with van der Waals surface area (Å²) in [7, 11) is 0. The van der Waals surface area contributed by atoms with Gasteiger partial charge in [0.1, 0.15) is 0 Å². The number of aromatic nitrogens is 4. The van der Waals surface area contributed by atoms with Crippen LogP contribution in [0.5, 0.6) is 0 Å². The third-order valence-electron chi connectivity index (χ3n) is 10.3. The maximum atomic E-state index is 5.07. The number of fused-ring (bicyclic) bond motifs is 3. The highest BCUT2D eigenvalue weighted by molar-refractivity contribution is 6.10. The Hall–Kier alpha value is -7.43. The molecule has 0 N–H and O–H groups in total. The van der Waals surface area contributed by atoms with E-state index in [1.807, 2.05) is 36.4 Å². The van der Waals surface area contributed by atoms with Gasteiger partial charge in [0, 0.05) is 33.2 Å². The van der Waals surface area contributed by atoms with E-state index in [0.717, 1.165) is 39.1 Å². The fraction of sp³-hybridized carbons (Fsp3) is 0. The molecule has 4 nitrogen and oxygen atoms in total. The first-order chi connectivity index (χ1) is 27.2. The van der Waals surface area contributed by atoms with Gasteiger partial charge in [0.05, 0.1) is 11.0 Å². The summed E-state index contributed by atoms with van der Waals surface area (Å²) in [5.74, 6) is 1.91. The van der Waals surface area contributed by atoms with Gasteiger partial charge in [-0.2, -0.15) is 0 Å². The Balaban J connectivity index is 1.06. The van der Waals surface area contributed by atoms with E-state index in [1.165, 1.54) is 38.5 Å². The molecule has 0 bridgehead atoms. The Morgan fingerprint density at radius 3 is 1.36 bits per heavy atom. The molecule has 0 saturated carbocycles. The Morgan fingerprint density at radius 1 is 0.255 bits per heavy atom. The summed E-state index contributed by atoms with van der Waals surface area (Å²) in [6.45, 7) is 0. The van der Waals surface area contributed by atoms with Crippen LogP contribution in [0.4, 0.5) is 0 Å². The van der Waals surface area contributed by atoms with Crippen LogP contribution in [0.15, 0.2) is 206 Å². The van der Waals surface area contributed by atoms with E-state index in [-0.39, 0.29) is 0 Å². The van der Waals surface area contributed by atoms with Crippen LogP contribution in [-0.4, -0.2) is 19.5 Å². The van der Waals surface area contributed by atoms with Gasteiger partial charge in [-0.1, -0.05) is 176 Å². The van der Waals surface area contributed by atoms with Crippen LogP contribution >= 0.6 is 0 Å². The van der Waals surface area contributed by atoms with Crippen LogP contribution in [-0.2, 0) is 0 Å². The van der Waals surface area contributed by atoms with Crippen molar-refractivity contribution in [2.45, 2.75) is 0 Å². The largest absolute Gasteiger partial charge is 0.309 e. The summed E-state index contributed by atoms with van der Waals surface area (Å²) in [5, 5.41) is 2.47. The van der Waals surface area contributed by atoms with Crippen LogP contribution < -0.4 is 0 Å². The zero-order valence-electron chi connectivity index (χ0n) is 29.9. The van der Waals surface area contributed by atoms with Crippen LogP contribution in [0, 0.1) is 0 Å². The first-order valence-corrected chi connectivity index (χ1v) is 18.5. The normalized spacial score (nSPS) is 11.3. The molecule has 0 saturated heterocycles. The van der Waals surface area contributed by atoms with E-state index >= 15 is 0 Å². The third kappa shape index (κ3) is 6.16. The van der Waals surface area contributed by atoms with Crippen molar-refractivity contribution in [1.29, 1.82) is 0 Å². The monoisotopic (exact) mass is 702 g/mol. The standard InChI is InChI=1S/C51H34N4/c1-4-14-35(15-5-1)37-26-28-39(29-27-37)50-52-49(38-18-8-3-9-19-38)53-51(54-50)43-22-12-20-40(32-43)41-21-13-23-44(33-41)55-47-25-11-10-24-45(47)46-31-30-42(34-48(46)55)36-16-6-2-7-17-36/h1-34H. The van der Waals surface area contributed by atoms with Crippen molar-refractivity contribution in [2.24, 2.45) is 0 Å². The summed E-state index contributed by atoms with van der Waals surface area (Å²) in [5.41, 5.74) is 13.2. The predicted octanol–water partition coefficient (Wildman–Crippen LogP) is 13.0. The molecule has 55 heavy (non-hydrogen) atoms. The molecule has 258 valence electrons. The molecule has 4 heteroatoms. The van der Waals surface area contributed by atoms with Crippen molar-refractivity contribution in [2.75, 3.05) is 0 Å². The van der Waals surface area contributed by atoms with Gasteiger partial charge in [-0.15, -0.1) is 0 Å². The lowest BCUT2D eigenvalue weighted by Gasteiger charge is -2.12. The van der Waals surface area contributed by atoms with Gasteiger partial charge in [0.2, 0.25) is 0 Å². The fourth-order valence-corrected chi connectivity index (χ4v) is 7.51. The molecule has 0 aliphatic heterocycles. The summed E-state index contributed by atoms with van der Waals surface area (Å²) < 4.78 is 2.39. The SMILES string of the molecule is c1ccc(-c2ccc(-c3nc(-c4ccccc4)nc(-c4cccc(-c5cccc(-n6c7ccccc7c7ccc(-c8ccccc8)cc76)c5)c4)n3)cc2)cc1. The van der Waals surface area contributed by atoms with Gasteiger partial charge < -0.3 is 4.57 Å². The van der Waals surface area contributed by atoms with E-state index in [2.05, 4.69) is 174 Å². The van der Waals surface area contributed by atoms with Gasteiger partial charge in [-0.05, 0) is 63.7 Å². The van der Waals surface area contributed by atoms with E-state index in [1.54, 1.807) is 0 Å². The summed E-state index contributed by atoms with van der Waals surface area (Å²) >= 11 is 0. The minimum absolute atomic E-state index is 0.629. The average Bonchev–Trinajstić information content (AvgIpc) is 3.61. The highest BCUT2D eigenvalue weighted by atomic mass is 15.0. The zero-order chi connectivity index (χ0) is 36.6. The van der Waals surface area contributed by atoms with E-state index in [0.29, 0.717) is 17.5 Å². The first kappa shape index (κ1) is 32.2. The molecule has 0 atom stereocenters. The van der Waals surface area contributed by atoms with Crippen LogP contribution in [0.25, 0.3) is 95.0 Å². The number of benzene rings is 8. The van der Waals surface area contributed by atoms with Gasteiger partial charge in [0.25, 0.3) is 0 Å². The highest BCUT2D eigenvalue weighted by Gasteiger charge is 2.16. The Morgan fingerprint density at radius 2 is 0.673 bits per heavy atom. The van der Waals surface area contributed by atoms with Crippen molar-refractivity contribution >= 4 is 21.8 Å². The lowest BCUT2D eigenvalue weighted by Crippen LogP contribution is -2.00. The molecular formula is C51H34N4. The lowest BCUT2D eigenvalue weighted by molar-refractivity contribution is 1.07. The van der Waals surface area contributed by atoms with Crippen LogP contribution in [0.3, 0.4) is 0 Å². The summed E-state index contributed by atoms with van der Waals surface area (Å²) in [6, 6.07) is 72.3. The second kappa shape index (κ2) is 13.8. The van der Waals surface area contributed by atoms with E-state index in [9.17, 15) is 0 Å². The van der Waals surface area contributed by atoms with Crippen LogP contribution in [0.1, 0.15) is 0 Å². The highest BCUT2D eigenvalue weighted by Crippen LogP contribution is 2.36. The second-order valence-corrected chi connectivity index (χ2v) is 13.7. The van der Waals surface area contributed by atoms with Crippen molar-refractivity contribution in [3.8, 4) is 73.2 Å². The number of nitrogens with zero attached hydrogens (tertiary/aromatic N) is 4. The maximum absolute atomic E-state index is 5.07. The molecule has 0 unspecified atom stereocenters. The van der Waals surface area contributed by atoms with Gasteiger partial charge >= 0.3 is 0 Å². The molecule has 0 amide bonds. The van der Waals surface area contributed by atoms with Crippen molar-refractivity contribution < 1.29 is 0 Å². The van der Waals surface area contributed by atoms with Crippen LogP contribution in [0.2, 0.25) is 0 Å². The molecule has 8 aromatic carbocycles. The Kier molecular flexibility index (Phi) is 8.12. The maximum Gasteiger partial charge on any atom is 0.164 e. The molecule has 0 aliphatic carbocycles. The van der Waals surface area contributed by atoms with Gasteiger partial charge in [0.15, 0.2) is 17.5 Å². The topological polar surface area (TPSA) is 43.6 Å². The minimum Gasteiger partial charge on any atom is -0.309 e. The number of hydrogen-bond donors (Lipinski definition) is 0.